The molecule has 13 heteroatoms. The lowest BCUT2D eigenvalue weighted by Gasteiger charge is -2.28. The summed E-state index contributed by atoms with van der Waals surface area (Å²) in [5.41, 5.74) is 0.421. The van der Waals surface area contributed by atoms with Crippen molar-refractivity contribution in [3.63, 3.8) is 0 Å². The lowest BCUT2D eigenvalue weighted by Crippen LogP contribution is -2.56. The molecular formula is C18H17Cl3N4O5S. The standard InChI is InChI=1S/C18H17Cl3N4O5S/c1-29-13-7-6-10(8-14(13)30-2)15(26)23-16(18(19,20)21)24-17(31)22-11-4-3-5-12(9-11)25(27)28/h3-9,16H,1-2H3,(H,23,26)(H2,22,24,31). The van der Waals surface area contributed by atoms with Gasteiger partial charge in [-0.1, -0.05) is 40.9 Å². The van der Waals surface area contributed by atoms with Gasteiger partial charge in [-0.15, -0.1) is 0 Å². The van der Waals surface area contributed by atoms with E-state index in [1.807, 2.05) is 0 Å². The first-order valence-corrected chi connectivity index (χ1v) is 10.0. The van der Waals surface area contributed by atoms with Crippen LogP contribution in [0.2, 0.25) is 0 Å². The highest BCUT2D eigenvalue weighted by atomic mass is 35.6. The average molecular weight is 508 g/mol. The molecule has 0 heterocycles. The number of hydrogen-bond acceptors (Lipinski definition) is 6. The predicted octanol–water partition coefficient (Wildman–Crippen LogP) is 4.02. The minimum atomic E-state index is -1.99. The highest BCUT2D eigenvalue weighted by molar-refractivity contribution is 7.80. The number of carbonyl (C=O) groups is 1. The highest BCUT2D eigenvalue weighted by Crippen LogP contribution is 2.30. The van der Waals surface area contributed by atoms with E-state index < -0.39 is 20.8 Å². The summed E-state index contributed by atoms with van der Waals surface area (Å²) in [7, 11) is 2.90. The second kappa shape index (κ2) is 10.7. The van der Waals surface area contributed by atoms with Gasteiger partial charge in [0, 0.05) is 23.4 Å². The van der Waals surface area contributed by atoms with Crippen LogP contribution in [0.5, 0.6) is 11.5 Å². The summed E-state index contributed by atoms with van der Waals surface area (Å²) in [5, 5.41) is 18.8. The molecule has 0 saturated heterocycles. The molecule has 9 nitrogen and oxygen atoms in total. The number of carbonyl (C=O) groups excluding carboxylic acids is 1. The van der Waals surface area contributed by atoms with Crippen LogP contribution in [0.4, 0.5) is 11.4 Å². The molecular weight excluding hydrogens is 491 g/mol. The highest BCUT2D eigenvalue weighted by Gasteiger charge is 2.35. The second-order valence-electron chi connectivity index (χ2n) is 5.92. The van der Waals surface area contributed by atoms with E-state index in [9.17, 15) is 14.9 Å². The van der Waals surface area contributed by atoms with Crippen LogP contribution in [0.3, 0.4) is 0 Å². The number of methoxy groups -OCH3 is 2. The van der Waals surface area contributed by atoms with Gasteiger partial charge in [-0.05, 0) is 36.5 Å². The Hall–Kier alpha value is -2.53. The van der Waals surface area contributed by atoms with Crippen molar-refractivity contribution >= 4 is 69.4 Å². The third-order valence-electron chi connectivity index (χ3n) is 3.84. The molecule has 3 N–H and O–H groups in total. The minimum Gasteiger partial charge on any atom is -0.493 e. The molecule has 1 atom stereocenters. The van der Waals surface area contributed by atoms with Gasteiger partial charge in [0.25, 0.3) is 11.6 Å². The van der Waals surface area contributed by atoms with Gasteiger partial charge in [0.05, 0.1) is 19.1 Å². The van der Waals surface area contributed by atoms with E-state index >= 15 is 0 Å². The first-order chi connectivity index (χ1) is 14.5. The number of nitro groups is 1. The van der Waals surface area contributed by atoms with Crippen molar-refractivity contribution in [3.8, 4) is 11.5 Å². The van der Waals surface area contributed by atoms with Crippen molar-refractivity contribution in [1.29, 1.82) is 0 Å². The van der Waals surface area contributed by atoms with Crippen molar-refractivity contribution in [2.45, 2.75) is 9.96 Å². The smallest absolute Gasteiger partial charge is 0.271 e. The van der Waals surface area contributed by atoms with Gasteiger partial charge in [-0.25, -0.2) is 0 Å². The van der Waals surface area contributed by atoms with E-state index in [0.29, 0.717) is 17.2 Å². The molecule has 0 aromatic heterocycles. The van der Waals surface area contributed by atoms with E-state index in [4.69, 9.17) is 56.5 Å². The molecule has 1 amide bonds. The van der Waals surface area contributed by atoms with Crippen molar-refractivity contribution < 1.29 is 19.2 Å². The quantitative estimate of drug-likeness (QED) is 0.169. The van der Waals surface area contributed by atoms with Gasteiger partial charge in [-0.3, -0.25) is 14.9 Å². The summed E-state index contributed by atoms with van der Waals surface area (Å²) in [5.74, 6) is 0.205. The summed E-state index contributed by atoms with van der Waals surface area (Å²) < 4.78 is 8.33. The lowest BCUT2D eigenvalue weighted by atomic mass is 10.2. The summed E-state index contributed by atoms with van der Waals surface area (Å²) in [6, 6.07) is 10.2. The Morgan fingerprint density at radius 2 is 1.77 bits per heavy atom. The fourth-order valence-corrected chi connectivity index (χ4v) is 2.95. The molecule has 31 heavy (non-hydrogen) atoms. The first-order valence-electron chi connectivity index (χ1n) is 8.46. The largest absolute Gasteiger partial charge is 0.493 e. The molecule has 0 bridgehead atoms. The Bertz CT molecular complexity index is 987. The van der Waals surface area contributed by atoms with Gasteiger partial charge in [0.15, 0.2) is 16.6 Å². The molecule has 0 saturated carbocycles. The van der Waals surface area contributed by atoms with Crippen LogP contribution in [0.15, 0.2) is 42.5 Å². The lowest BCUT2D eigenvalue weighted by molar-refractivity contribution is -0.384. The molecule has 0 aliphatic carbocycles. The number of nitrogens with zero attached hydrogens (tertiary/aromatic N) is 1. The van der Waals surface area contributed by atoms with Gasteiger partial charge in [0.2, 0.25) is 3.79 Å². The van der Waals surface area contributed by atoms with Gasteiger partial charge in [-0.2, -0.15) is 0 Å². The topological polar surface area (TPSA) is 115 Å². The fourth-order valence-electron chi connectivity index (χ4n) is 2.39. The number of amides is 1. The van der Waals surface area contributed by atoms with E-state index in [1.165, 1.54) is 44.6 Å². The summed E-state index contributed by atoms with van der Waals surface area (Å²) >= 11 is 23.1. The Morgan fingerprint density at radius 1 is 1.10 bits per heavy atom. The van der Waals surface area contributed by atoms with E-state index in [-0.39, 0.29) is 16.4 Å². The number of benzene rings is 2. The third-order valence-corrected chi connectivity index (χ3v) is 4.71. The maximum atomic E-state index is 12.7. The zero-order chi connectivity index (χ0) is 23.2. The SMILES string of the molecule is COc1ccc(C(=O)NC(NC(=S)Nc2cccc([N+](=O)[O-])c2)C(Cl)(Cl)Cl)cc1OC. The number of nitro benzene ring substituents is 1. The monoisotopic (exact) mass is 506 g/mol. The molecule has 2 aromatic carbocycles. The molecule has 0 aliphatic heterocycles. The molecule has 0 radical (unpaired) electrons. The van der Waals surface area contributed by atoms with Crippen molar-refractivity contribution in [3.05, 3.63) is 58.1 Å². The number of halogens is 3. The predicted molar refractivity (Wildman–Crippen MR) is 124 cm³/mol. The van der Waals surface area contributed by atoms with Crippen molar-refractivity contribution in [2.24, 2.45) is 0 Å². The number of thiocarbonyl (C=S) groups is 1. The molecule has 0 aliphatic rings. The summed E-state index contributed by atoms with van der Waals surface area (Å²) in [6.07, 6.45) is -1.24. The van der Waals surface area contributed by atoms with Crippen LogP contribution in [0.25, 0.3) is 0 Å². The van der Waals surface area contributed by atoms with Gasteiger partial charge >= 0.3 is 0 Å². The maximum absolute atomic E-state index is 12.7. The molecule has 2 rings (SSSR count). The van der Waals surface area contributed by atoms with Gasteiger partial charge in [0.1, 0.15) is 6.17 Å². The van der Waals surface area contributed by atoms with Crippen LogP contribution in [-0.2, 0) is 0 Å². The van der Waals surface area contributed by atoms with Crippen molar-refractivity contribution in [2.75, 3.05) is 19.5 Å². The second-order valence-corrected chi connectivity index (χ2v) is 8.70. The molecule has 2 aromatic rings. The molecule has 166 valence electrons. The normalized spacial score (nSPS) is 11.8. The van der Waals surface area contributed by atoms with E-state index in [2.05, 4.69) is 16.0 Å². The summed E-state index contributed by atoms with van der Waals surface area (Å²) in [6.45, 7) is 0. The number of rotatable bonds is 7. The first kappa shape index (κ1) is 24.7. The number of ether oxygens (including phenoxy) is 2. The molecule has 1 unspecified atom stereocenters. The Kier molecular flexibility index (Phi) is 8.52. The van der Waals surface area contributed by atoms with Crippen LogP contribution in [-0.4, -0.2) is 40.1 Å². The zero-order valence-electron chi connectivity index (χ0n) is 16.1. The van der Waals surface area contributed by atoms with Crippen LogP contribution < -0.4 is 25.4 Å². The Labute approximate surface area is 198 Å². The molecule has 0 fully saturated rings. The average Bonchev–Trinajstić information content (AvgIpc) is 2.72. The third kappa shape index (κ3) is 7.00. The number of anilines is 1. The van der Waals surface area contributed by atoms with Crippen LogP contribution in [0.1, 0.15) is 10.4 Å². The fraction of sp³-hybridized carbons (Fsp3) is 0.222. The van der Waals surface area contributed by atoms with E-state index in [0.717, 1.165) is 0 Å². The Morgan fingerprint density at radius 3 is 2.35 bits per heavy atom. The minimum absolute atomic E-state index is 0.0376. The number of non-ortho nitro benzene ring substituents is 1. The van der Waals surface area contributed by atoms with Crippen molar-refractivity contribution in [1.82, 2.24) is 10.6 Å². The number of nitrogens with one attached hydrogen (secondary N) is 3. The van der Waals surface area contributed by atoms with Crippen LogP contribution >= 0.6 is 47.0 Å². The number of alkyl halides is 3. The van der Waals surface area contributed by atoms with Crippen LogP contribution in [0, 0.1) is 10.1 Å². The van der Waals surface area contributed by atoms with E-state index in [1.54, 1.807) is 12.1 Å². The zero-order valence-corrected chi connectivity index (χ0v) is 19.2. The molecule has 0 spiro atoms. The number of hydrogen-bond donors (Lipinski definition) is 3. The maximum Gasteiger partial charge on any atom is 0.271 e. The Balaban J connectivity index is 2.13. The van der Waals surface area contributed by atoms with Gasteiger partial charge < -0.3 is 25.4 Å². The summed E-state index contributed by atoms with van der Waals surface area (Å²) in [4.78, 5) is 23.0.